The highest BCUT2D eigenvalue weighted by atomic mass is 79.9. The lowest BCUT2D eigenvalue weighted by molar-refractivity contribution is 0.0559. The largest absolute Gasteiger partial charge is 0.443 e. The van der Waals surface area contributed by atoms with Crippen molar-refractivity contribution in [3.63, 3.8) is 0 Å². The van der Waals surface area contributed by atoms with Crippen LogP contribution in [0.15, 0.2) is 40.9 Å². The van der Waals surface area contributed by atoms with Crippen LogP contribution in [0.5, 0.6) is 0 Å². The molecule has 1 aliphatic heterocycles. The molecule has 2 aromatic carbocycles. The van der Waals surface area contributed by atoms with Crippen molar-refractivity contribution in [1.82, 2.24) is 0 Å². The van der Waals surface area contributed by atoms with E-state index in [1.165, 1.54) is 0 Å². The number of fused-ring (bicyclic) bond motifs is 1. The molecule has 1 unspecified atom stereocenters. The number of carbonyl (C=O) groups is 1. The van der Waals surface area contributed by atoms with Crippen molar-refractivity contribution >= 4 is 50.9 Å². The van der Waals surface area contributed by atoms with Gasteiger partial charge in [0.25, 0.3) is 0 Å². The maximum atomic E-state index is 13.1. The number of nitrogens with zero attached hydrogens (tertiary/aromatic N) is 1. The molecule has 0 N–H and O–H groups in total. The molecule has 0 aromatic heterocycles. The van der Waals surface area contributed by atoms with E-state index in [-0.39, 0.29) is 12.1 Å². The first-order chi connectivity index (χ1) is 12.2. The van der Waals surface area contributed by atoms with Crippen LogP contribution < -0.4 is 4.90 Å². The third kappa shape index (κ3) is 4.19. The van der Waals surface area contributed by atoms with Crippen molar-refractivity contribution in [2.45, 2.75) is 45.3 Å². The van der Waals surface area contributed by atoms with Gasteiger partial charge < -0.3 is 4.74 Å². The van der Waals surface area contributed by atoms with Crippen LogP contribution in [-0.4, -0.2) is 11.7 Å². The normalized spacial score (nSPS) is 17.0. The number of hydrogen-bond donors (Lipinski definition) is 0. The minimum Gasteiger partial charge on any atom is -0.443 e. The zero-order chi connectivity index (χ0) is 19.1. The first-order valence-corrected chi connectivity index (χ1v) is 9.96. The van der Waals surface area contributed by atoms with Gasteiger partial charge in [0.1, 0.15) is 5.60 Å². The third-order valence-corrected chi connectivity index (χ3v) is 5.23. The molecule has 0 aliphatic carbocycles. The zero-order valence-corrected chi connectivity index (χ0v) is 18.0. The van der Waals surface area contributed by atoms with Gasteiger partial charge >= 0.3 is 6.09 Å². The molecule has 3 nitrogen and oxygen atoms in total. The van der Waals surface area contributed by atoms with Crippen LogP contribution in [0.3, 0.4) is 0 Å². The fraction of sp³-hybridized carbons (Fsp3) is 0.350. The Morgan fingerprint density at radius 3 is 2.58 bits per heavy atom. The summed E-state index contributed by atoms with van der Waals surface area (Å²) in [4.78, 5) is 14.8. The average molecular weight is 457 g/mol. The van der Waals surface area contributed by atoms with Crippen molar-refractivity contribution in [3.8, 4) is 0 Å². The summed E-state index contributed by atoms with van der Waals surface area (Å²) in [5.41, 5.74) is 2.22. The predicted molar refractivity (Wildman–Crippen MR) is 110 cm³/mol. The van der Waals surface area contributed by atoms with E-state index in [4.69, 9.17) is 27.9 Å². The zero-order valence-electron chi connectivity index (χ0n) is 14.9. The fourth-order valence-corrected chi connectivity index (χ4v) is 4.48. The molecule has 0 saturated heterocycles. The Morgan fingerprint density at radius 2 is 1.92 bits per heavy atom. The minimum absolute atomic E-state index is 0.159. The van der Waals surface area contributed by atoms with Gasteiger partial charge in [-0.3, -0.25) is 4.90 Å². The highest BCUT2D eigenvalue weighted by molar-refractivity contribution is 9.10. The van der Waals surface area contributed by atoms with Gasteiger partial charge in [-0.2, -0.15) is 0 Å². The standard InChI is InChI=1S/C20H20BrCl2NO2/c1-20(2,3)26-19(25)24-17(12-5-4-6-14(22)9-12)8-7-13-10-15(23)11-16(21)18(13)24/h4-6,9-11,17H,7-8H2,1-3H3. The number of anilines is 1. The number of aryl methyl sites for hydroxylation is 1. The highest BCUT2D eigenvalue weighted by Crippen LogP contribution is 2.45. The van der Waals surface area contributed by atoms with E-state index in [0.29, 0.717) is 10.0 Å². The van der Waals surface area contributed by atoms with Crippen molar-refractivity contribution in [2.24, 2.45) is 0 Å². The Hall–Kier alpha value is -1.23. The molecule has 0 fully saturated rings. The van der Waals surface area contributed by atoms with Crippen molar-refractivity contribution in [2.75, 3.05) is 4.90 Å². The van der Waals surface area contributed by atoms with Crippen LogP contribution in [0, 0.1) is 0 Å². The molecule has 2 aromatic rings. The molecule has 0 bridgehead atoms. The number of rotatable bonds is 1. The Labute approximate surface area is 172 Å². The Balaban J connectivity index is 2.11. The molecule has 138 valence electrons. The highest BCUT2D eigenvalue weighted by Gasteiger charge is 2.36. The first-order valence-electron chi connectivity index (χ1n) is 8.41. The minimum atomic E-state index is -0.591. The lowest BCUT2D eigenvalue weighted by Gasteiger charge is -2.39. The molecule has 1 aliphatic rings. The number of ether oxygens (including phenoxy) is 1. The van der Waals surface area contributed by atoms with Crippen molar-refractivity contribution in [3.05, 3.63) is 62.0 Å². The molecule has 0 spiro atoms. The Morgan fingerprint density at radius 1 is 1.19 bits per heavy atom. The lowest BCUT2D eigenvalue weighted by atomic mass is 9.91. The molecular formula is C20H20BrCl2NO2. The summed E-state index contributed by atoms with van der Waals surface area (Å²) in [7, 11) is 0. The lowest BCUT2D eigenvalue weighted by Crippen LogP contribution is -2.42. The maximum absolute atomic E-state index is 13.1. The molecule has 0 radical (unpaired) electrons. The number of benzene rings is 2. The van der Waals surface area contributed by atoms with Crippen LogP contribution in [-0.2, 0) is 11.2 Å². The molecule has 1 heterocycles. The average Bonchev–Trinajstić information content (AvgIpc) is 2.52. The molecular weight excluding hydrogens is 437 g/mol. The van der Waals surface area contributed by atoms with Gasteiger partial charge in [-0.1, -0.05) is 35.3 Å². The van der Waals surface area contributed by atoms with E-state index in [2.05, 4.69) is 15.9 Å². The summed E-state index contributed by atoms with van der Waals surface area (Å²) in [6.07, 6.45) is 1.19. The first kappa shape index (κ1) is 19.5. The topological polar surface area (TPSA) is 29.5 Å². The molecule has 1 atom stereocenters. The SMILES string of the molecule is CC(C)(C)OC(=O)N1c2c(Br)cc(Cl)cc2CCC1c1cccc(Cl)c1. The van der Waals surface area contributed by atoms with Crippen LogP contribution in [0.25, 0.3) is 0 Å². The van der Waals surface area contributed by atoms with E-state index in [9.17, 15) is 4.79 Å². The van der Waals surface area contributed by atoms with Crippen LogP contribution >= 0.6 is 39.1 Å². The van der Waals surface area contributed by atoms with Gasteiger partial charge in [-0.25, -0.2) is 4.79 Å². The number of carbonyl (C=O) groups excluding carboxylic acids is 1. The quantitative estimate of drug-likeness (QED) is 0.454. The van der Waals surface area contributed by atoms with Gasteiger partial charge in [-0.05, 0) is 84.9 Å². The van der Waals surface area contributed by atoms with Gasteiger partial charge in [-0.15, -0.1) is 0 Å². The summed E-state index contributed by atoms with van der Waals surface area (Å²) in [5.74, 6) is 0. The van der Waals surface area contributed by atoms with E-state index in [1.807, 2.05) is 51.1 Å². The molecule has 0 saturated carbocycles. The van der Waals surface area contributed by atoms with E-state index >= 15 is 0 Å². The molecule has 1 amide bonds. The summed E-state index contributed by atoms with van der Waals surface area (Å²) in [6.45, 7) is 5.59. The second kappa shape index (κ2) is 7.41. The summed E-state index contributed by atoms with van der Waals surface area (Å²) in [5, 5.41) is 1.29. The van der Waals surface area contributed by atoms with E-state index in [0.717, 1.165) is 34.1 Å². The van der Waals surface area contributed by atoms with Crippen molar-refractivity contribution in [1.29, 1.82) is 0 Å². The maximum Gasteiger partial charge on any atom is 0.415 e. The summed E-state index contributed by atoms with van der Waals surface area (Å²) >= 11 is 16.0. The Kier molecular flexibility index (Phi) is 5.57. The molecule has 3 rings (SSSR count). The molecule has 6 heteroatoms. The number of halogens is 3. The summed E-state index contributed by atoms with van der Waals surface area (Å²) < 4.78 is 6.48. The smallest absolute Gasteiger partial charge is 0.415 e. The van der Waals surface area contributed by atoms with Crippen LogP contribution in [0.4, 0.5) is 10.5 Å². The fourth-order valence-electron chi connectivity index (χ4n) is 3.22. The van der Waals surface area contributed by atoms with E-state index in [1.54, 1.807) is 11.0 Å². The summed E-state index contributed by atoms with van der Waals surface area (Å²) in [6, 6.07) is 11.2. The van der Waals surface area contributed by atoms with Crippen LogP contribution in [0.2, 0.25) is 10.0 Å². The second-order valence-electron chi connectivity index (χ2n) is 7.36. The number of amides is 1. The van der Waals surface area contributed by atoms with Gasteiger partial charge in [0.2, 0.25) is 0 Å². The van der Waals surface area contributed by atoms with E-state index < -0.39 is 5.60 Å². The number of hydrogen-bond acceptors (Lipinski definition) is 2. The van der Waals surface area contributed by atoms with Gasteiger partial charge in [0.15, 0.2) is 0 Å². The molecule has 26 heavy (non-hydrogen) atoms. The van der Waals surface area contributed by atoms with Crippen molar-refractivity contribution < 1.29 is 9.53 Å². The van der Waals surface area contributed by atoms with Crippen LogP contribution in [0.1, 0.15) is 44.4 Å². The third-order valence-electron chi connectivity index (χ3n) is 4.17. The predicted octanol–water partition coefficient (Wildman–Crippen LogP) is 7.18. The Bertz CT molecular complexity index is 848. The monoisotopic (exact) mass is 455 g/mol. The van der Waals surface area contributed by atoms with Gasteiger partial charge in [0, 0.05) is 14.5 Å². The second-order valence-corrected chi connectivity index (χ2v) is 9.08. The van der Waals surface area contributed by atoms with Gasteiger partial charge in [0.05, 0.1) is 11.7 Å².